The fraction of sp³-hybridized carbons (Fsp3) is 0.400. The van der Waals surface area contributed by atoms with E-state index in [1.807, 2.05) is 29.9 Å². The van der Waals surface area contributed by atoms with E-state index in [1.165, 1.54) is 5.56 Å². The summed E-state index contributed by atoms with van der Waals surface area (Å²) in [6, 6.07) is 5.89. The summed E-state index contributed by atoms with van der Waals surface area (Å²) in [5, 5.41) is 8.74. The van der Waals surface area contributed by atoms with Crippen molar-refractivity contribution in [1.82, 2.24) is 9.78 Å². The van der Waals surface area contributed by atoms with Crippen LogP contribution in [0.4, 0.5) is 5.69 Å². The standard InChI is InChI=1S/C15H20ClN3/c1-10(2)15-12(9-19(4)18-15)8-17-14-6-5-13(16)7-11(14)3/h5-7,9-10,17H,8H2,1-4H3. The van der Waals surface area contributed by atoms with Crippen LogP contribution in [0.15, 0.2) is 24.4 Å². The molecule has 102 valence electrons. The van der Waals surface area contributed by atoms with Crippen LogP contribution in [0.5, 0.6) is 0 Å². The number of nitrogens with one attached hydrogen (secondary N) is 1. The van der Waals surface area contributed by atoms with Crippen LogP contribution in [0.25, 0.3) is 0 Å². The molecular formula is C15H20ClN3. The Labute approximate surface area is 119 Å². The molecule has 0 aliphatic heterocycles. The smallest absolute Gasteiger partial charge is 0.0699 e. The van der Waals surface area contributed by atoms with E-state index in [2.05, 4.69) is 37.4 Å². The van der Waals surface area contributed by atoms with Gasteiger partial charge in [-0.05, 0) is 36.6 Å². The molecule has 0 fully saturated rings. The lowest BCUT2D eigenvalue weighted by molar-refractivity contribution is 0.712. The highest BCUT2D eigenvalue weighted by atomic mass is 35.5. The molecule has 0 aliphatic carbocycles. The van der Waals surface area contributed by atoms with E-state index in [4.69, 9.17) is 11.6 Å². The van der Waals surface area contributed by atoms with Gasteiger partial charge in [-0.2, -0.15) is 5.10 Å². The molecule has 19 heavy (non-hydrogen) atoms. The Bertz CT molecular complexity index is 573. The molecule has 2 rings (SSSR count). The van der Waals surface area contributed by atoms with Crippen molar-refractivity contribution in [2.45, 2.75) is 33.2 Å². The first-order valence-electron chi connectivity index (χ1n) is 6.50. The van der Waals surface area contributed by atoms with Gasteiger partial charge in [-0.25, -0.2) is 0 Å². The molecule has 0 atom stereocenters. The molecule has 3 nitrogen and oxygen atoms in total. The number of hydrogen-bond donors (Lipinski definition) is 1. The molecule has 1 heterocycles. The van der Waals surface area contributed by atoms with Gasteiger partial charge in [0.2, 0.25) is 0 Å². The molecule has 0 unspecified atom stereocenters. The number of nitrogens with zero attached hydrogens (tertiary/aromatic N) is 2. The average molecular weight is 278 g/mol. The third-order valence-corrected chi connectivity index (χ3v) is 3.38. The van der Waals surface area contributed by atoms with Crippen LogP contribution in [0.1, 0.15) is 36.6 Å². The van der Waals surface area contributed by atoms with Gasteiger partial charge >= 0.3 is 0 Å². The highest BCUT2D eigenvalue weighted by Crippen LogP contribution is 2.22. The lowest BCUT2D eigenvalue weighted by Crippen LogP contribution is -2.03. The number of aromatic nitrogens is 2. The summed E-state index contributed by atoms with van der Waals surface area (Å²) in [6.07, 6.45) is 2.08. The number of aryl methyl sites for hydroxylation is 2. The van der Waals surface area contributed by atoms with Crippen molar-refractivity contribution in [2.75, 3.05) is 5.32 Å². The van der Waals surface area contributed by atoms with Crippen LogP contribution in [-0.4, -0.2) is 9.78 Å². The van der Waals surface area contributed by atoms with Crippen LogP contribution in [0, 0.1) is 6.92 Å². The monoisotopic (exact) mass is 277 g/mol. The summed E-state index contributed by atoms with van der Waals surface area (Å²) in [7, 11) is 1.96. The molecule has 1 aromatic heterocycles. The Hall–Kier alpha value is -1.48. The second-order valence-corrected chi connectivity index (χ2v) is 5.62. The largest absolute Gasteiger partial charge is 0.381 e. The molecule has 2 aromatic rings. The van der Waals surface area contributed by atoms with Gasteiger partial charge in [0.1, 0.15) is 0 Å². The fourth-order valence-electron chi connectivity index (χ4n) is 2.19. The molecule has 4 heteroatoms. The maximum absolute atomic E-state index is 5.96. The van der Waals surface area contributed by atoms with Crippen molar-refractivity contribution in [3.63, 3.8) is 0 Å². The zero-order valence-electron chi connectivity index (χ0n) is 11.9. The van der Waals surface area contributed by atoms with E-state index in [0.29, 0.717) is 5.92 Å². The van der Waals surface area contributed by atoms with Crippen LogP contribution in [-0.2, 0) is 13.6 Å². The van der Waals surface area contributed by atoms with E-state index in [1.54, 1.807) is 0 Å². The van der Waals surface area contributed by atoms with Gasteiger partial charge in [0, 0.05) is 36.1 Å². The van der Waals surface area contributed by atoms with Crippen molar-refractivity contribution in [1.29, 1.82) is 0 Å². The molecule has 0 aliphatic rings. The predicted molar refractivity (Wildman–Crippen MR) is 80.8 cm³/mol. The zero-order valence-corrected chi connectivity index (χ0v) is 12.6. The maximum Gasteiger partial charge on any atom is 0.0699 e. The summed E-state index contributed by atoms with van der Waals surface area (Å²) in [4.78, 5) is 0. The third kappa shape index (κ3) is 3.29. The van der Waals surface area contributed by atoms with Crippen LogP contribution in [0.2, 0.25) is 5.02 Å². The highest BCUT2D eigenvalue weighted by molar-refractivity contribution is 6.30. The molecule has 0 saturated carbocycles. The molecule has 1 aromatic carbocycles. The van der Waals surface area contributed by atoms with Gasteiger partial charge in [-0.1, -0.05) is 25.4 Å². The van der Waals surface area contributed by atoms with Gasteiger partial charge in [-0.3, -0.25) is 4.68 Å². The first kappa shape index (κ1) is 13.9. The second-order valence-electron chi connectivity index (χ2n) is 5.18. The zero-order chi connectivity index (χ0) is 14.0. The first-order chi connectivity index (χ1) is 8.97. The van der Waals surface area contributed by atoms with E-state index < -0.39 is 0 Å². The quantitative estimate of drug-likeness (QED) is 0.911. The summed E-state index contributed by atoms with van der Waals surface area (Å²) in [6.45, 7) is 7.17. The Kier molecular flexibility index (Phi) is 4.15. The number of rotatable bonds is 4. The minimum atomic E-state index is 0.435. The van der Waals surface area contributed by atoms with E-state index in [-0.39, 0.29) is 0 Å². The topological polar surface area (TPSA) is 29.9 Å². The average Bonchev–Trinajstić information content (AvgIpc) is 2.69. The number of halogens is 1. The molecule has 0 bridgehead atoms. The lowest BCUT2D eigenvalue weighted by atomic mass is 10.1. The van der Waals surface area contributed by atoms with Gasteiger partial charge in [0.15, 0.2) is 0 Å². The molecule has 1 N–H and O–H groups in total. The van der Waals surface area contributed by atoms with Crippen LogP contribution < -0.4 is 5.32 Å². The molecule has 0 amide bonds. The predicted octanol–water partition coefficient (Wildman–Crippen LogP) is 4.12. The van der Waals surface area contributed by atoms with Crippen molar-refractivity contribution < 1.29 is 0 Å². The summed E-state index contributed by atoms with van der Waals surface area (Å²) >= 11 is 5.96. The molecule has 0 spiro atoms. The van der Waals surface area contributed by atoms with Crippen LogP contribution >= 0.6 is 11.6 Å². The van der Waals surface area contributed by atoms with Crippen LogP contribution in [0.3, 0.4) is 0 Å². The Morgan fingerprint density at radius 1 is 1.37 bits per heavy atom. The second kappa shape index (κ2) is 5.66. The SMILES string of the molecule is Cc1cc(Cl)ccc1NCc1cn(C)nc1C(C)C. The number of benzene rings is 1. The van der Waals surface area contributed by atoms with Gasteiger partial charge < -0.3 is 5.32 Å². The minimum absolute atomic E-state index is 0.435. The van der Waals surface area contributed by atoms with Gasteiger partial charge in [0.05, 0.1) is 5.69 Å². The van der Waals surface area contributed by atoms with Gasteiger partial charge in [-0.15, -0.1) is 0 Å². The van der Waals surface area contributed by atoms with Crippen molar-refractivity contribution in [3.8, 4) is 0 Å². The minimum Gasteiger partial charge on any atom is -0.381 e. The first-order valence-corrected chi connectivity index (χ1v) is 6.87. The fourth-order valence-corrected chi connectivity index (χ4v) is 2.42. The molecule has 0 radical (unpaired) electrons. The van der Waals surface area contributed by atoms with Crippen molar-refractivity contribution in [2.24, 2.45) is 7.05 Å². The summed E-state index contributed by atoms with van der Waals surface area (Å²) < 4.78 is 1.88. The number of anilines is 1. The summed E-state index contributed by atoms with van der Waals surface area (Å²) in [5.41, 5.74) is 4.67. The summed E-state index contributed by atoms with van der Waals surface area (Å²) in [5.74, 6) is 0.435. The number of hydrogen-bond acceptors (Lipinski definition) is 2. The lowest BCUT2D eigenvalue weighted by Gasteiger charge is -2.10. The van der Waals surface area contributed by atoms with Crippen molar-refractivity contribution in [3.05, 3.63) is 46.2 Å². The van der Waals surface area contributed by atoms with E-state index in [0.717, 1.165) is 28.5 Å². The normalized spacial score (nSPS) is 11.1. The van der Waals surface area contributed by atoms with Crippen molar-refractivity contribution >= 4 is 17.3 Å². The Morgan fingerprint density at radius 2 is 2.11 bits per heavy atom. The Balaban J connectivity index is 2.14. The maximum atomic E-state index is 5.96. The van der Waals surface area contributed by atoms with Gasteiger partial charge in [0.25, 0.3) is 0 Å². The highest BCUT2D eigenvalue weighted by Gasteiger charge is 2.11. The van der Waals surface area contributed by atoms with E-state index in [9.17, 15) is 0 Å². The molecular weight excluding hydrogens is 258 g/mol. The third-order valence-electron chi connectivity index (χ3n) is 3.14. The molecule has 0 saturated heterocycles. The Morgan fingerprint density at radius 3 is 2.74 bits per heavy atom. The van der Waals surface area contributed by atoms with E-state index >= 15 is 0 Å².